The van der Waals surface area contributed by atoms with Gasteiger partial charge in [0.05, 0.1) is 6.61 Å². The van der Waals surface area contributed by atoms with Gasteiger partial charge >= 0.3 is 5.97 Å². The zero-order valence-corrected chi connectivity index (χ0v) is 10.3. The summed E-state index contributed by atoms with van der Waals surface area (Å²) in [6.45, 7) is 5.85. The summed E-state index contributed by atoms with van der Waals surface area (Å²) in [6, 6.07) is -0.641. The average molecular weight is 233 g/mol. The molecule has 0 heterocycles. The first-order chi connectivity index (χ1) is 6.97. The Morgan fingerprint density at radius 1 is 1.40 bits per heavy atom. The summed E-state index contributed by atoms with van der Waals surface area (Å²) in [7, 11) is 0. The van der Waals surface area contributed by atoms with Crippen molar-refractivity contribution < 1.29 is 14.3 Å². The van der Waals surface area contributed by atoms with Gasteiger partial charge in [-0.15, -0.1) is 0 Å². The fraction of sp³-hybridized carbons (Fsp3) is 0.800. The first-order valence-electron chi connectivity index (χ1n) is 5.02. The lowest BCUT2D eigenvalue weighted by atomic mass is 10.1. The highest BCUT2D eigenvalue weighted by Gasteiger charge is 2.18. The summed E-state index contributed by atoms with van der Waals surface area (Å²) in [5, 5.41) is 2.48. The first-order valence-corrected chi connectivity index (χ1v) is 5.65. The van der Waals surface area contributed by atoms with Crippen LogP contribution >= 0.6 is 12.6 Å². The lowest BCUT2D eigenvalue weighted by Gasteiger charge is -2.14. The summed E-state index contributed by atoms with van der Waals surface area (Å²) in [5.74, 6) is 0.0730. The standard InChI is InChI=1S/C10H19NO3S/c1-7(2)4-5-14-10(13)9(6-15)11-8(3)12/h7,9,15H,4-6H2,1-3H3,(H,11,12). The van der Waals surface area contributed by atoms with E-state index in [4.69, 9.17) is 4.74 Å². The molecule has 0 saturated carbocycles. The Morgan fingerprint density at radius 2 is 2.00 bits per heavy atom. The second kappa shape index (κ2) is 7.56. The number of amides is 1. The highest BCUT2D eigenvalue weighted by Crippen LogP contribution is 2.00. The van der Waals surface area contributed by atoms with E-state index >= 15 is 0 Å². The molecule has 0 radical (unpaired) electrons. The molecule has 0 aliphatic heterocycles. The Morgan fingerprint density at radius 3 is 2.40 bits per heavy atom. The number of hydrogen-bond acceptors (Lipinski definition) is 4. The fourth-order valence-corrected chi connectivity index (χ4v) is 1.16. The largest absolute Gasteiger partial charge is 0.464 e. The Labute approximate surface area is 96.2 Å². The number of thiol groups is 1. The van der Waals surface area contributed by atoms with Crippen LogP contribution in [-0.2, 0) is 14.3 Å². The maximum absolute atomic E-state index is 11.4. The van der Waals surface area contributed by atoms with Crippen molar-refractivity contribution in [2.75, 3.05) is 12.4 Å². The van der Waals surface area contributed by atoms with Crippen LogP contribution in [0.1, 0.15) is 27.2 Å². The quantitative estimate of drug-likeness (QED) is 0.532. The number of carbonyl (C=O) groups is 2. The van der Waals surface area contributed by atoms with Crippen molar-refractivity contribution in [2.45, 2.75) is 33.2 Å². The summed E-state index contributed by atoms with van der Waals surface area (Å²) < 4.78 is 5.00. The number of carbonyl (C=O) groups excluding carboxylic acids is 2. The molecule has 15 heavy (non-hydrogen) atoms. The lowest BCUT2D eigenvalue weighted by Crippen LogP contribution is -2.42. The van der Waals surface area contributed by atoms with E-state index < -0.39 is 12.0 Å². The topological polar surface area (TPSA) is 55.4 Å². The maximum Gasteiger partial charge on any atom is 0.329 e. The molecule has 4 nitrogen and oxygen atoms in total. The molecule has 0 aromatic heterocycles. The minimum atomic E-state index is -0.641. The molecule has 88 valence electrons. The summed E-state index contributed by atoms with van der Waals surface area (Å²) in [6.07, 6.45) is 0.825. The normalized spacial score (nSPS) is 12.3. The second-order valence-corrected chi connectivity index (χ2v) is 4.15. The van der Waals surface area contributed by atoms with Crippen molar-refractivity contribution in [3.8, 4) is 0 Å². The molecule has 1 atom stereocenters. The predicted octanol–water partition coefficient (Wildman–Crippen LogP) is 1.01. The minimum absolute atomic E-state index is 0.250. The zero-order valence-electron chi connectivity index (χ0n) is 9.45. The monoisotopic (exact) mass is 233 g/mol. The summed E-state index contributed by atoms with van der Waals surface area (Å²) in [4.78, 5) is 22.2. The molecule has 0 fully saturated rings. The molecule has 5 heteroatoms. The van der Waals surface area contributed by atoms with E-state index in [1.807, 2.05) is 0 Å². The number of ether oxygens (including phenoxy) is 1. The Bertz CT molecular complexity index is 219. The van der Waals surface area contributed by atoms with Crippen LogP contribution < -0.4 is 5.32 Å². The van der Waals surface area contributed by atoms with Crippen LogP contribution in [0.2, 0.25) is 0 Å². The molecule has 1 unspecified atom stereocenters. The molecule has 1 N–H and O–H groups in total. The molecule has 0 aliphatic rings. The van der Waals surface area contributed by atoms with E-state index in [2.05, 4.69) is 31.8 Å². The third-order valence-electron chi connectivity index (χ3n) is 1.78. The summed E-state index contributed by atoms with van der Waals surface area (Å²) >= 11 is 3.98. The van der Waals surface area contributed by atoms with Crippen LogP contribution in [0, 0.1) is 5.92 Å². The molecule has 0 aromatic rings. The molecule has 0 aromatic carbocycles. The Hall–Kier alpha value is -0.710. The van der Waals surface area contributed by atoms with Gasteiger partial charge < -0.3 is 10.1 Å². The minimum Gasteiger partial charge on any atom is -0.464 e. The van der Waals surface area contributed by atoms with Crippen molar-refractivity contribution in [2.24, 2.45) is 5.92 Å². The van der Waals surface area contributed by atoms with E-state index in [1.165, 1.54) is 6.92 Å². The van der Waals surface area contributed by atoms with Crippen LogP contribution in [0.4, 0.5) is 0 Å². The van der Waals surface area contributed by atoms with Crippen LogP contribution in [-0.4, -0.2) is 30.3 Å². The molecule has 0 spiro atoms. The van der Waals surface area contributed by atoms with Gasteiger partial charge in [0, 0.05) is 12.7 Å². The van der Waals surface area contributed by atoms with Crippen molar-refractivity contribution in [3.63, 3.8) is 0 Å². The van der Waals surface area contributed by atoms with E-state index in [1.54, 1.807) is 0 Å². The van der Waals surface area contributed by atoms with Crippen LogP contribution in [0.3, 0.4) is 0 Å². The predicted molar refractivity (Wildman–Crippen MR) is 61.9 cm³/mol. The van der Waals surface area contributed by atoms with Gasteiger partial charge in [-0.05, 0) is 12.3 Å². The molecular weight excluding hydrogens is 214 g/mol. The number of hydrogen-bond donors (Lipinski definition) is 2. The van der Waals surface area contributed by atoms with Gasteiger partial charge in [0.25, 0.3) is 0 Å². The van der Waals surface area contributed by atoms with Crippen LogP contribution in [0.5, 0.6) is 0 Å². The lowest BCUT2D eigenvalue weighted by molar-refractivity contribution is -0.147. The van der Waals surface area contributed by atoms with Gasteiger partial charge in [0.1, 0.15) is 6.04 Å². The molecule has 0 aliphatic carbocycles. The smallest absolute Gasteiger partial charge is 0.329 e. The van der Waals surface area contributed by atoms with Gasteiger partial charge in [-0.25, -0.2) is 4.79 Å². The van der Waals surface area contributed by atoms with Gasteiger partial charge in [0.15, 0.2) is 0 Å². The highest BCUT2D eigenvalue weighted by atomic mass is 32.1. The van der Waals surface area contributed by atoms with E-state index in [-0.39, 0.29) is 11.7 Å². The SMILES string of the molecule is CC(=O)NC(CS)C(=O)OCCC(C)C. The van der Waals surface area contributed by atoms with Crippen molar-refractivity contribution in [1.29, 1.82) is 0 Å². The Balaban J connectivity index is 3.88. The molecular formula is C10H19NO3S. The zero-order chi connectivity index (χ0) is 11.8. The fourth-order valence-electron chi connectivity index (χ4n) is 0.920. The van der Waals surface area contributed by atoms with Crippen molar-refractivity contribution in [1.82, 2.24) is 5.32 Å². The highest BCUT2D eigenvalue weighted by molar-refractivity contribution is 7.80. The average Bonchev–Trinajstić information content (AvgIpc) is 2.13. The molecule has 0 rings (SSSR count). The molecule has 0 bridgehead atoms. The molecule has 1 amide bonds. The third kappa shape index (κ3) is 7.25. The van der Waals surface area contributed by atoms with Crippen LogP contribution in [0.25, 0.3) is 0 Å². The molecule has 0 saturated heterocycles. The Kier molecular flexibility index (Phi) is 7.21. The second-order valence-electron chi connectivity index (χ2n) is 3.79. The first kappa shape index (κ1) is 14.3. The van der Waals surface area contributed by atoms with Gasteiger partial charge in [-0.2, -0.15) is 12.6 Å². The van der Waals surface area contributed by atoms with Gasteiger partial charge in [-0.3, -0.25) is 4.79 Å². The van der Waals surface area contributed by atoms with Gasteiger partial charge in [0.2, 0.25) is 5.91 Å². The van der Waals surface area contributed by atoms with Crippen LogP contribution in [0.15, 0.2) is 0 Å². The maximum atomic E-state index is 11.4. The number of nitrogens with one attached hydrogen (secondary N) is 1. The van der Waals surface area contributed by atoms with Crippen molar-refractivity contribution in [3.05, 3.63) is 0 Å². The van der Waals surface area contributed by atoms with E-state index in [0.717, 1.165) is 6.42 Å². The number of rotatable bonds is 6. The van der Waals surface area contributed by atoms with Crippen molar-refractivity contribution >= 4 is 24.5 Å². The van der Waals surface area contributed by atoms with E-state index in [9.17, 15) is 9.59 Å². The summed E-state index contributed by atoms with van der Waals surface area (Å²) in [5.41, 5.74) is 0. The third-order valence-corrected chi connectivity index (χ3v) is 2.15. The van der Waals surface area contributed by atoms with Gasteiger partial charge in [-0.1, -0.05) is 13.8 Å². The van der Waals surface area contributed by atoms with E-state index in [0.29, 0.717) is 12.5 Å². The number of esters is 1.